The number of hydrogen-bond acceptors (Lipinski definition) is 3. The lowest BCUT2D eigenvalue weighted by Crippen LogP contribution is -2.41. The van der Waals surface area contributed by atoms with E-state index >= 15 is 0 Å². The minimum Gasteiger partial charge on any atom is -0.340 e. The third-order valence-corrected chi connectivity index (χ3v) is 6.35. The number of rotatable bonds is 6. The minimum absolute atomic E-state index is 0.129. The van der Waals surface area contributed by atoms with Crippen molar-refractivity contribution in [2.24, 2.45) is 0 Å². The van der Waals surface area contributed by atoms with Crippen molar-refractivity contribution in [3.05, 3.63) is 102 Å². The van der Waals surface area contributed by atoms with E-state index in [4.69, 9.17) is 4.98 Å². The average molecular weight is 455 g/mol. The molecule has 5 rings (SSSR count). The molecular weight excluding hydrogens is 427 g/mol. The quantitative estimate of drug-likeness (QED) is 0.391. The molecule has 1 N–H and O–H groups in total. The predicted molar refractivity (Wildman–Crippen MR) is 132 cm³/mol. The summed E-state index contributed by atoms with van der Waals surface area (Å²) in [6, 6.07) is 26.3. The van der Waals surface area contributed by atoms with E-state index in [9.17, 15) is 9.18 Å². The summed E-state index contributed by atoms with van der Waals surface area (Å²) in [6.45, 7) is 3.73. The van der Waals surface area contributed by atoms with E-state index in [1.54, 1.807) is 12.1 Å². The zero-order valence-electron chi connectivity index (χ0n) is 19.1. The molecule has 1 aliphatic rings. The van der Waals surface area contributed by atoms with Crippen molar-refractivity contribution in [2.75, 3.05) is 11.9 Å². The molecule has 1 atom stereocenters. The minimum atomic E-state index is -0.284. The van der Waals surface area contributed by atoms with Crippen molar-refractivity contribution >= 4 is 17.4 Å². The average Bonchev–Trinajstić information content (AvgIpc) is 3.23. The summed E-state index contributed by atoms with van der Waals surface area (Å²) >= 11 is 0. The Labute approximate surface area is 198 Å². The maximum atomic E-state index is 13.6. The maximum Gasteiger partial charge on any atom is 0.230 e. The van der Waals surface area contributed by atoms with Gasteiger partial charge in [0.05, 0.1) is 12.5 Å². The fourth-order valence-electron chi connectivity index (χ4n) is 4.57. The smallest absolute Gasteiger partial charge is 0.230 e. The lowest BCUT2D eigenvalue weighted by molar-refractivity contribution is -0.134. The lowest BCUT2D eigenvalue weighted by atomic mass is 9.95. The van der Waals surface area contributed by atoms with Crippen LogP contribution in [-0.4, -0.2) is 26.9 Å². The van der Waals surface area contributed by atoms with E-state index in [0.717, 1.165) is 40.6 Å². The number of imidazole rings is 1. The normalized spacial score (nSPS) is 13.9. The third-order valence-electron chi connectivity index (χ3n) is 6.35. The number of nitrogens with zero attached hydrogens (tertiary/aromatic N) is 3. The molecule has 0 bridgehead atoms. The number of halogens is 1. The van der Waals surface area contributed by atoms with Crippen molar-refractivity contribution in [2.45, 2.75) is 32.4 Å². The van der Waals surface area contributed by atoms with Crippen molar-refractivity contribution in [3.63, 3.8) is 0 Å². The van der Waals surface area contributed by atoms with E-state index in [1.807, 2.05) is 65.6 Å². The Kier molecular flexibility index (Phi) is 6.12. The Morgan fingerprint density at radius 1 is 0.971 bits per heavy atom. The molecule has 0 aliphatic carbocycles. The van der Waals surface area contributed by atoms with Crippen LogP contribution in [-0.2, 0) is 17.9 Å². The summed E-state index contributed by atoms with van der Waals surface area (Å²) in [5.74, 6) is 1.36. The Hall–Kier alpha value is -3.93. The van der Waals surface area contributed by atoms with Gasteiger partial charge in [-0.2, -0.15) is 0 Å². The number of nitrogens with one attached hydrogen (secondary N) is 1. The SMILES string of the molecule is CC[C@@H](C(=O)N1CCn2c(nc(-c3ccc(F)cc3)c2Nc2ccccc2)C1)c1ccccc1. The Bertz CT molecular complexity index is 1270. The molecule has 2 heterocycles. The van der Waals surface area contributed by atoms with Gasteiger partial charge in [0.2, 0.25) is 5.91 Å². The monoisotopic (exact) mass is 454 g/mol. The molecule has 6 heteroatoms. The molecule has 3 aromatic carbocycles. The van der Waals surface area contributed by atoms with Crippen LogP contribution in [0, 0.1) is 5.82 Å². The molecule has 1 aromatic heterocycles. The van der Waals surface area contributed by atoms with Crippen molar-refractivity contribution < 1.29 is 9.18 Å². The zero-order chi connectivity index (χ0) is 23.5. The molecule has 0 saturated carbocycles. The summed E-state index contributed by atoms with van der Waals surface area (Å²) in [5.41, 5.74) is 3.57. The fourth-order valence-corrected chi connectivity index (χ4v) is 4.57. The number of para-hydroxylation sites is 1. The molecule has 5 nitrogen and oxygen atoms in total. The third kappa shape index (κ3) is 4.31. The van der Waals surface area contributed by atoms with Crippen LogP contribution in [0.4, 0.5) is 15.9 Å². The van der Waals surface area contributed by atoms with Crippen molar-refractivity contribution in [1.29, 1.82) is 0 Å². The molecule has 0 fully saturated rings. The molecule has 34 heavy (non-hydrogen) atoms. The van der Waals surface area contributed by atoms with Gasteiger partial charge in [0, 0.05) is 24.3 Å². The lowest BCUT2D eigenvalue weighted by Gasteiger charge is -2.31. The first-order valence-electron chi connectivity index (χ1n) is 11.6. The summed E-state index contributed by atoms with van der Waals surface area (Å²) in [7, 11) is 0. The second-order valence-corrected chi connectivity index (χ2v) is 8.51. The van der Waals surface area contributed by atoms with E-state index in [1.165, 1.54) is 12.1 Å². The van der Waals surface area contributed by atoms with Crippen molar-refractivity contribution in [1.82, 2.24) is 14.5 Å². The van der Waals surface area contributed by atoms with E-state index in [0.29, 0.717) is 19.6 Å². The van der Waals surface area contributed by atoms with Gasteiger partial charge < -0.3 is 14.8 Å². The van der Waals surface area contributed by atoms with Gasteiger partial charge in [-0.3, -0.25) is 4.79 Å². The number of amides is 1. The maximum absolute atomic E-state index is 13.6. The summed E-state index contributed by atoms with van der Waals surface area (Å²) in [4.78, 5) is 20.3. The topological polar surface area (TPSA) is 50.2 Å². The summed E-state index contributed by atoms with van der Waals surface area (Å²) in [6.07, 6.45) is 0.745. The van der Waals surface area contributed by atoms with Crippen LogP contribution in [0.3, 0.4) is 0 Å². The van der Waals surface area contributed by atoms with Crippen LogP contribution < -0.4 is 5.32 Å². The molecule has 172 valence electrons. The largest absolute Gasteiger partial charge is 0.340 e. The first kappa shape index (κ1) is 21.9. The summed E-state index contributed by atoms with van der Waals surface area (Å²) < 4.78 is 15.7. The van der Waals surface area contributed by atoms with Gasteiger partial charge in [0.25, 0.3) is 0 Å². The number of hydrogen-bond donors (Lipinski definition) is 1. The number of benzene rings is 3. The van der Waals surface area contributed by atoms with Crippen LogP contribution >= 0.6 is 0 Å². The molecule has 1 amide bonds. The summed E-state index contributed by atoms with van der Waals surface area (Å²) in [5, 5.41) is 3.50. The Balaban J connectivity index is 1.48. The number of carbonyl (C=O) groups is 1. The number of carbonyl (C=O) groups excluding carboxylic acids is 1. The predicted octanol–water partition coefficient (Wildman–Crippen LogP) is 5.97. The first-order valence-corrected chi connectivity index (χ1v) is 11.6. The standard InChI is InChI=1S/C28H27FN4O/c1-2-24(20-9-5-3-6-10-20)28(34)32-17-18-33-25(19-32)31-26(21-13-15-22(29)16-14-21)27(33)30-23-11-7-4-8-12-23/h3-16,24,30H,2,17-19H2,1H3/t24-/m1/s1. The number of fused-ring (bicyclic) bond motifs is 1. The van der Waals surface area contributed by atoms with E-state index in [-0.39, 0.29) is 17.6 Å². The molecule has 0 spiro atoms. The highest BCUT2D eigenvalue weighted by molar-refractivity contribution is 5.84. The molecular formula is C28H27FN4O. The second kappa shape index (κ2) is 9.51. The molecule has 0 unspecified atom stereocenters. The zero-order valence-corrected chi connectivity index (χ0v) is 19.1. The highest BCUT2D eigenvalue weighted by Crippen LogP contribution is 2.34. The number of anilines is 2. The van der Waals surface area contributed by atoms with Gasteiger partial charge in [-0.15, -0.1) is 0 Å². The van der Waals surface area contributed by atoms with Gasteiger partial charge in [-0.1, -0.05) is 55.5 Å². The van der Waals surface area contributed by atoms with Gasteiger partial charge in [-0.25, -0.2) is 9.37 Å². The number of aromatic nitrogens is 2. The van der Waals surface area contributed by atoms with Crippen molar-refractivity contribution in [3.8, 4) is 11.3 Å². The van der Waals surface area contributed by atoms with Crippen LogP contribution in [0.5, 0.6) is 0 Å². The fraction of sp³-hybridized carbons (Fsp3) is 0.214. The van der Waals surface area contributed by atoms with E-state index < -0.39 is 0 Å². The Morgan fingerprint density at radius 2 is 1.65 bits per heavy atom. The van der Waals surface area contributed by atoms with Crippen LogP contribution in [0.1, 0.15) is 30.7 Å². The highest BCUT2D eigenvalue weighted by atomic mass is 19.1. The molecule has 0 radical (unpaired) electrons. The van der Waals surface area contributed by atoms with Gasteiger partial charge in [0.15, 0.2) is 0 Å². The highest BCUT2D eigenvalue weighted by Gasteiger charge is 2.30. The second-order valence-electron chi connectivity index (χ2n) is 8.51. The van der Waals surface area contributed by atoms with Gasteiger partial charge >= 0.3 is 0 Å². The first-order chi connectivity index (χ1) is 16.6. The van der Waals surface area contributed by atoms with E-state index in [2.05, 4.69) is 16.8 Å². The van der Waals surface area contributed by atoms with Crippen LogP contribution in [0.2, 0.25) is 0 Å². The Morgan fingerprint density at radius 3 is 2.32 bits per heavy atom. The van der Waals surface area contributed by atoms with Gasteiger partial charge in [-0.05, 0) is 48.4 Å². The molecule has 0 saturated heterocycles. The van der Waals surface area contributed by atoms with Gasteiger partial charge in [0.1, 0.15) is 23.2 Å². The van der Waals surface area contributed by atoms with Crippen LogP contribution in [0.15, 0.2) is 84.9 Å². The molecule has 4 aromatic rings. The van der Waals surface area contributed by atoms with Crippen LogP contribution in [0.25, 0.3) is 11.3 Å². The molecule has 1 aliphatic heterocycles.